The second-order valence-corrected chi connectivity index (χ2v) is 5.09. The normalized spacial score (nSPS) is 10.4. The molecule has 6 heteroatoms. The van der Waals surface area contributed by atoms with Crippen molar-refractivity contribution >= 4 is 16.8 Å². The van der Waals surface area contributed by atoms with Gasteiger partial charge in [-0.25, -0.2) is 4.98 Å². The summed E-state index contributed by atoms with van der Waals surface area (Å²) in [5.74, 6) is 1.06. The highest BCUT2D eigenvalue weighted by atomic mass is 16.5. The van der Waals surface area contributed by atoms with Gasteiger partial charge in [0.15, 0.2) is 0 Å². The standard InChI is InChI=1S/C18H17N3O3/c1-23-16-4-3-5-17(24-2)13(16)11-20-18(22)15-7-6-12-10-19-9-8-14(12)21-15/h3-10H,11H2,1-2H3,(H,20,22). The average Bonchev–Trinajstić information content (AvgIpc) is 2.65. The predicted molar refractivity (Wildman–Crippen MR) is 90.3 cm³/mol. The zero-order valence-electron chi connectivity index (χ0n) is 13.4. The van der Waals surface area contributed by atoms with Crippen LogP contribution in [0.15, 0.2) is 48.8 Å². The quantitative estimate of drug-likeness (QED) is 0.781. The van der Waals surface area contributed by atoms with E-state index in [4.69, 9.17) is 9.47 Å². The van der Waals surface area contributed by atoms with Crippen molar-refractivity contribution < 1.29 is 14.3 Å². The van der Waals surface area contributed by atoms with Crippen molar-refractivity contribution in [2.24, 2.45) is 0 Å². The summed E-state index contributed by atoms with van der Waals surface area (Å²) in [6, 6.07) is 10.8. The lowest BCUT2D eigenvalue weighted by atomic mass is 10.1. The van der Waals surface area contributed by atoms with Gasteiger partial charge in [0, 0.05) is 17.8 Å². The number of pyridine rings is 2. The van der Waals surface area contributed by atoms with Gasteiger partial charge in [0.2, 0.25) is 0 Å². The fourth-order valence-electron chi connectivity index (χ4n) is 2.45. The number of hydrogen-bond donors (Lipinski definition) is 1. The van der Waals surface area contributed by atoms with Gasteiger partial charge in [-0.3, -0.25) is 9.78 Å². The number of amides is 1. The molecule has 1 amide bonds. The van der Waals surface area contributed by atoms with Gasteiger partial charge in [0.25, 0.3) is 5.91 Å². The number of aromatic nitrogens is 2. The molecule has 2 aromatic heterocycles. The lowest BCUT2D eigenvalue weighted by Crippen LogP contribution is -2.24. The topological polar surface area (TPSA) is 73.3 Å². The SMILES string of the molecule is COc1cccc(OC)c1CNC(=O)c1ccc2cnccc2n1. The van der Waals surface area contributed by atoms with E-state index >= 15 is 0 Å². The molecule has 0 bridgehead atoms. The molecule has 122 valence electrons. The molecule has 0 aliphatic carbocycles. The molecule has 0 fully saturated rings. The minimum atomic E-state index is -0.262. The zero-order valence-corrected chi connectivity index (χ0v) is 13.4. The third-order valence-corrected chi connectivity index (χ3v) is 3.68. The molecular formula is C18H17N3O3. The van der Waals surface area contributed by atoms with Crippen LogP contribution in [0.2, 0.25) is 0 Å². The van der Waals surface area contributed by atoms with Crippen LogP contribution in [0.1, 0.15) is 16.1 Å². The number of rotatable bonds is 5. The maximum atomic E-state index is 12.4. The van der Waals surface area contributed by atoms with Gasteiger partial charge in [0.05, 0.1) is 31.8 Å². The summed E-state index contributed by atoms with van der Waals surface area (Å²) in [6.07, 6.45) is 3.36. The van der Waals surface area contributed by atoms with Crippen molar-refractivity contribution in [1.82, 2.24) is 15.3 Å². The van der Waals surface area contributed by atoms with Crippen LogP contribution in [0.5, 0.6) is 11.5 Å². The first-order chi connectivity index (χ1) is 11.7. The van der Waals surface area contributed by atoms with E-state index in [1.54, 1.807) is 38.7 Å². The van der Waals surface area contributed by atoms with E-state index in [-0.39, 0.29) is 12.5 Å². The first-order valence-electron chi connectivity index (χ1n) is 7.41. The van der Waals surface area contributed by atoms with Crippen molar-refractivity contribution in [3.8, 4) is 11.5 Å². The first-order valence-corrected chi connectivity index (χ1v) is 7.41. The number of methoxy groups -OCH3 is 2. The summed E-state index contributed by atoms with van der Waals surface area (Å²) in [5.41, 5.74) is 1.86. The average molecular weight is 323 g/mol. The molecule has 0 atom stereocenters. The van der Waals surface area contributed by atoms with E-state index in [1.165, 1.54) is 0 Å². The molecule has 0 unspecified atom stereocenters. The van der Waals surface area contributed by atoms with Crippen molar-refractivity contribution in [3.63, 3.8) is 0 Å². The molecule has 0 saturated heterocycles. The zero-order chi connectivity index (χ0) is 16.9. The van der Waals surface area contributed by atoms with Gasteiger partial charge in [-0.2, -0.15) is 0 Å². The van der Waals surface area contributed by atoms with Crippen molar-refractivity contribution in [2.45, 2.75) is 6.54 Å². The number of carbonyl (C=O) groups is 1. The van der Waals surface area contributed by atoms with Crippen LogP contribution in [0, 0.1) is 0 Å². The third-order valence-electron chi connectivity index (χ3n) is 3.68. The molecule has 24 heavy (non-hydrogen) atoms. The van der Waals surface area contributed by atoms with Gasteiger partial charge in [-0.1, -0.05) is 6.07 Å². The Bertz CT molecular complexity index is 858. The van der Waals surface area contributed by atoms with Crippen LogP contribution in [-0.2, 0) is 6.54 Å². The minimum absolute atomic E-state index is 0.262. The smallest absolute Gasteiger partial charge is 0.270 e. The van der Waals surface area contributed by atoms with E-state index in [2.05, 4.69) is 15.3 Å². The van der Waals surface area contributed by atoms with E-state index in [9.17, 15) is 4.79 Å². The number of benzene rings is 1. The molecule has 3 rings (SSSR count). The van der Waals surface area contributed by atoms with E-state index < -0.39 is 0 Å². The van der Waals surface area contributed by atoms with E-state index in [1.807, 2.05) is 24.3 Å². The minimum Gasteiger partial charge on any atom is -0.496 e. The third kappa shape index (κ3) is 3.12. The highest BCUT2D eigenvalue weighted by molar-refractivity contribution is 5.94. The second-order valence-electron chi connectivity index (χ2n) is 5.09. The Kier molecular flexibility index (Phi) is 4.56. The Hall–Kier alpha value is -3.15. The van der Waals surface area contributed by atoms with Crippen molar-refractivity contribution in [3.05, 3.63) is 60.0 Å². The Morgan fingerprint density at radius 2 is 1.83 bits per heavy atom. The van der Waals surface area contributed by atoms with E-state index in [0.29, 0.717) is 17.2 Å². The van der Waals surface area contributed by atoms with Crippen LogP contribution in [-0.4, -0.2) is 30.1 Å². The largest absolute Gasteiger partial charge is 0.496 e. The van der Waals surface area contributed by atoms with Crippen LogP contribution in [0.25, 0.3) is 10.9 Å². The fourth-order valence-corrected chi connectivity index (χ4v) is 2.45. The van der Waals surface area contributed by atoms with Gasteiger partial charge < -0.3 is 14.8 Å². The summed E-state index contributed by atoms with van der Waals surface area (Å²) in [4.78, 5) is 20.8. The van der Waals surface area contributed by atoms with Gasteiger partial charge >= 0.3 is 0 Å². The lowest BCUT2D eigenvalue weighted by molar-refractivity contribution is 0.0946. The molecule has 0 aliphatic rings. The molecular weight excluding hydrogens is 306 g/mol. The molecule has 1 aromatic carbocycles. The molecule has 2 heterocycles. The number of nitrogens with one attached hydrogen (secondary N) is 1. The first kappa shape index (κ1) is 15.7. The number of fused-ring (bicyclic) bond motifs is 1. The van der Waals surface area contributed by atoms with Crippen LogP contribution in [0.3, 0.4) is 0 Å². The molecule has 1 N–H and O–H groups in total. The van der Waals surface area contributed by atoms with Crippen LogP contribution < -0.4 is 14.8 Å². The highest BCUT2D eigenvalue weighted by Crippen LogP contribution is 2.27. The second kappa shape index (κ2) is 6.95. The number of hydrogen-bond acceptors (Lipinski definition) is 5. The summed E-state index contributed by atoms with van der Waals surface area (Å²) < 4.78 is 10.7. The molecule has 6 nitrogen and oxygen atoms in total. The summed E-state index contributed by atoms with van der Waals surface area (Å²) in [6.45, 7) is 0.280. The maximum Gasteiger partial charge on any atom is 0.270 e. The van der Waals surface area contributed by atoms with Crippen molar-refractivity contribution in [2.75, 3.05) is 14.2 Å². The maximum absolute atomic E-state index is 12.4. The summed E-state index contributed by atoms with van der Waals surface area (Å²) in [5, 5.41) is 3.74. The summed E-state index contributed by atoms with van der Waals surface area (Å²) in [7, 11) is 3.16. The monoisotopic (exact) mass is 323 g/mol. The number of ether oxygens (including phenoxy) is 2. The van der Waals surface area contributed by atoms with Crippen LogP contribution >= 0.6 is 0 Å². The Morgan fingerprint density at radius 1 is 1.08 bits per heavy atom. The molecule has 3 aromatic rings. The van der Waals surface area contributed by atoms with Crippen LogP contribution in [0.4, 0.5) is 0 Å². The Balaban J connectivity index is 1.80. The number of carbonyl (C=O) groups excluding carboxylic acids is 1. The molecule has 0 aliphatic heterocycles. The van der Waals surface area contributed by atoms with Gasteiger partial charge in [0.1, 0.15) is 17.2 Å². The van der Waals surface area contributed by atoms with Gasteiger partial charge in [-0.05, 0) is 30.3 Å². The van der Waals surface area contributed by atoms with E-state index in [0.717, 1.165) is 16.5 Å². The molecule has 0 saturated carbocycles. The summed E-state index contributed by atoms with van der Waals surface area (Å²) >= 11 is 0. The fraction of sp³-hybridized carbons (Fsp3) is 0.167. The molecule has 0 spiro atoms. The lowest BCUT2D eigenvalue weighted by Gasteiger charge is -2.13. The Labute approximate surface area is 139 Å². The Morgan fingerprint density at radius 3 is 2.54 bits per heavy atom. The van der Waals surface area contributed by atoms with Gasteiger partial charge in [-0.15, -0.1) is 0 Å². The number of nitrogens with zero attached hydrogens (tertiary/aromatic N) is 2. The van der Waals surface area contributed by atoms with Crippen molar-refractivity contribution in [1.29, 1.82) is 0 Å². The molecule has 0 radical (unpaired) electrons. The predicted octanol–water partition coefficient (Wildman–Crippen LogP) is 2.58. The highest BCUT2D eigenvalue weighted by Gasteiger charge is 2.13.